The fourth-order valence-electron chi connectivity index (χ4n) is 3.54. The van der Waals surface area contributed by atoms with Crippen molar-refractivity contribution in [3.63, 3.8) is 0 Å². The van der Waals surface area contributed by atoms with Crippen LogP contribution in [0.1, 0.15) is 5.69 Å². The number of alkyl halides is 3. The Bertz CT molecular complexity index is 1230. The first kappa shape index (κ1) is 32.9. The molecule has 1 saturated heterocycles. The first-order valence-electron chi connectivity index (χ1n) is 12.0. The summed E-state index contributed by atoms with van der Waals surface area (Å²) >= 11 is 0. The molecule has 4 atom stereocenters. The summed E-state index contributed by atoms with van der Waals surface area (Å²) in [5.41, 5.74) is -1.15. The van der Waals surface area contributed by atoms with Crippen LogP contribution in [0.3, 0.4) is 0 Å². The summed E-state index contributed by atoms with van der Waals surface area (Å²) in [6.45, 7) is -2.41. The van der Waals surface area contributed by atoms with Gasteiger partial charge in [0.15, 0.2) is 11.6 Å². The molecule has 11 nitrogen and oxygen atoms in total. The highest BCUT2D eigenvalue weighted by Gasteiger charge is 2.39. The fraction of sp³-hybridized carbons (Fsp3) is 0.458. The molecule has 0 aliphatic carbocycles. The van der Waals surface area contributed by atoms with Crippen molar-refractivity contribution in [1.82, 2.24) is 10.3 Å². The average Bonchev–Trinajstić information content (AvgIpc) is 2.93. The number of ether oxygens (including phenoxy) is 4. The number of esters is 1. The number of carbonyl (C=O) groups is 2. The van der Waals surface area contributed by atoms with E-state index in [4.69, 9.17) is 14.2 Å². The van der Waals surface area contributed by atoms with Crippen molar-refractivity contribution in [2.45, 2.75) is 30.5 Å². The highest BCUT2D eigenvalue weighted by atomic mass is 19.4. The van der Waals surface area contributed by atoms with Crippen LogP contribution in [0.15, 0.2) is 24.3 Å². The second-order valence-electron chi connectivity index (χ2n) is 8.69. The predicted molar refractivity (Wildman–Crippen MR) is 125 cm³/mol. The molecule has 3 rings (SSSR count). The summed E-state index contributed by atoms with van der Waals surface area (Å²) in [5.74, 6) is -11.1. The molecule has 1 aromatic carbocycles. The van der Waals surface area contributed by atoms with Gasteiger partial charge in [-0.1, -0.05) is 6.07 Å². The molecule has 1 amide bonds. The SMILES string of the molecule is O=C(COCCOCC(=O)Oc1c(F)c(F)cc(F)c1F)NC[C@H]1OC[C@H](Nc2cccc(C(F)(F)F)n2)[C@@H](O)[C@H]1O. The van der Waals surface area contributed by atoms with Gasteiger partial charge in [0.1, 0.15) is 43.0 Å². The number of pyridine rings is 1. The summed E-state index contributed by atoms with van der Waals surface area (Å²) < 4.78 is 111. The first-order valence-corrected chi connectivity index (χ1v) is 12.0. The van der Waals surface area contributed by atoms with Crippen LogP contribution in [0.5, 0.6) is 5.75 Å². The summed E-state index contributed by atoms with van der Waals surface area (Å²) in [6.07, 6.45) is -8.75. The van der Waals surface area contributed by atoms with E-state index in [0.29, 0.717) is 0 Å². The third kappa shape index (κ3) is 8.96. The van der Waals surface area contributed by atoms with Crippen molar-refractivity contribution in [1.29, 1.82) is 0 Å². The van der Waals surface area contributed by atoms with Gasteiger partial charge in [-0.3, -0.25) is 4.79 Å². The van der Waals surface area contributed by atoms with E-state index in [-0.39, 0.29) is 38.2 Å². The molecule has 232 valence electrons. The molecule has 0 radical (unpaired) electrons. The van der Waals surface area contributed by atoms with E-state index in [9.17, 15) is 50.5 Å². The molecule has 0 unspecified atom stereocenters. The van der Waals surface area contributed by atoms with Crippen LogP contribution < -0.4 is 15.4 Å². The lowest BCUT2D eigenvalue weighted by Crippen LogP contribution is -2.58. The van der Waals surface area contributed by atoms with Gasteiger partial charge < -0.3 is 39.8 Å². The number of halogens is 7. The van der Waals surface area contributed by atoms with Gasteiger partial charge in [0, 0.05) is 12.6 Å². The molecule has 4 N–H and O–H groups in total. The van der Waals surface area contributed by atoms with Gasteiger partial charge in [-0.15, -0.1) is 0 Å². The Labute approximate surface area is 232 Å². The van der Waals surface area contributed by atoms with Gasteiger partial charge in [-0.2, -0.15) is 22.0 Å². The lowest BCUT2D eigenvalue weighted by atomic mass is 9.98. The number of anilines is 1. The minimum absolute atomic E-state index is 0.0571. The number of aromatic nitrogens is 1. The molecule has 1 fully saturated rings. The van der Waals surface area contributed by atoms with Crippen LogP contribution in [0.25, 0.3) is 0 Å². The van der Waals surface area contributed by atoms with Crippen molar-refractivity contribution >= 4 is 17.7 Å². The molecule has 42 heavy (non-hydrogen) atoms. The van der Waals surface area contributed by atoms with E-state index >= 15 is 0 Å². The molecule has 0 saturated carbocycles. The van der Waals surface area contributed by atoms with Gasteiger partial charge in [0.2, 0.25) is 23.3 Å². The van der Waals surface area contributed by atoms with E-state index in [1.165, 1.54) is 6.07 Å². The van der Waals surface area contributed by atoms with Crippen LogP contribution >= 0.6 is 0 Å². The monoisotopic (exact) mass is 615 g/mol. The molecular weight excluding hydrogens is 591 g/mol. The minimum atomic E-state index is -4.68. The number of amides is 1. The van der Waals surface area contributed by atoms with E-state index in [1.54, 1.807) is 0 Å². The largest absolute Gasteiger partial charge is 0.433 e. The molecule has 0 bridgehead atoms. The summed E-state index contributed by atoms with van der Waals surface area (Å²) in [7, 11) is 0. The topological polar surface area (TPSA) is 148 Å². The normalized spacial score (nSPS) is 20.7. The number of carbonyl (C=O) groups excluding carboxylic acids is 2. The maximum atomic E-state index is 13.5. The average molecular weight is 615 g/mol. The fourth-order valence-corrected chi connectivity index (χ4v) is 3.54. The lowest BCUT2D eigenvalue weighted by Gasteiger charge is -2.38. The quantitative estimate of drug-likeness (QED) is 0.0906. The van der Waals surface area contributed by atoms with Crippen LogP contribution in [0, 0.1) is 23.3 Å². The number of aliphatic hydroxyl groups is 2. The Hall–Kier alpha value is -3.58. The zero-order valence-electron chi connectivity index (χ0n) is 21.3. The number of aliphatic hydroxyl groups excluding tert-OH is 2. The van der Waals surface area contributed by atoms with Crippen LogP contribution in [-0.2, 0) is 30.0 Å². The van der Waals surface area contributed by atoms with Crippen molar-refractivity contribution in [3.05, 3.63) is 53.2 Å². The zero-order valence-corrected chi connectivity index (χ0v) is 21.3. The number of benzene rings is 1. The molecule has 1 aliphatic heterocycles. The van der Waals surface area contributed by atoms with E-state index in [0.717, 1.165) is 12.1 Å². The smallest absolute Gasteiger partial charge is 0.418 e. The molecule has 2 aromatic rings. The van der Waals surface area contributed by atoms with Crippen LogP contribution in [0.4, 0.5) is 36.6 Å². The van der Waals surface area contributed by atoms with Crippen molar-refractivity contribution in [2.75, 3.05) is 44.9 Å². The highest BCUT2D eigenvalue weighted by Crippen LogP contribution is 2.29. The minimum Gasteiger partial charge on any atom is -0.418 e. The van der Waals surface area contributed by atoms with E-state index in [2.05, 4.69) is 20.4 Å². The van der Waals surface area contributed by atoms with Crippen molar-refractivity contribution in [3.8, 4) is 5.75 Å². The molecule has 1 aliphatic rings. The standard InChI is InChI=1S/C24H24F7N3O8/c25-11-6-12(26)20(28)23(19(11)27)42-18(36)10-40-5-4-39-9-17(35)32-7-14-22(38)21(37)13(8-41-14)33-16-3-1-2-15(34-16)24(29,30)31/h1-3,6,13-14,21-22,37-38H,4-5,7-10H2,(H,32,35)(H,33,34)/t13-,14+,21+,22-/m0/s1. The number of rotatable bonds is 12. The molecule has 1 aromatic heterocycles. The Morgan fingerprint density at radius 3 is 2.29 bits per heavy atom. The predicted octanol–water partition coefficient (Wildman–Crippen LogP) is 1.31. The third-order valence-electron chi connectivity index (χ3n) is 5.62. The Balaban J connectivity index is 1.31. The number of hydrogen-bond acceptors (Lipinski definition) is 10. The second kappa shape index (κ2) is 14.5. The lowest BCUT2D eigenvalue weighted by molar-refractivity contribution is -0.144. The molecule has 2 heterocycles. The maximum absolute atomic E-state index is 13.5. The van der Waals surface area contributed by atoms with E-state index < -0.39 is 90.3 Å². The molecular formula is C24H24F7N3O8. The summed E-state index contributed by atoms with van der Waals surface area (Å²) in [6, 6.07) is 2.07. The van der Waals surface area contributed by atoms with Crippen molar-refractivity contribution in [2.24, 2.45) is 0 Å². The van der Waals surface area contributed by atoms with Crippen LogP contribution in [-0.4, -0.2) is 91.0 Å². The molecule has 0 spiro atoms. The second-order valence-corrected chi connectivity index (χ2v) is 8.69. The highest BCUT2D eigenvalue weighted by molar-refractivity contribution is 5.77. The first-order chi connectivity index (χ1) is 19.8. The van der Waals surface area contributed by atoms with Gasteiger partial charge in [-0.05, 0) is 12.1 Å². The number of nitrogens with zero attached hydrogens (tertiary/aromatic N) is 1. The van der Waals surface area contributed by atoms with E-state index in [1.807, 2.05) is 0 Å². The van der Waals surface area contributed by atoms with Gasteiger partial charge >= 0.3 is 12.1 Å². The number of nitrogens with one attached hydrogen (secondary N) is 2. The Morgan fingerprint density at radius 1 is 1.00 bits per heavy atom. The van der Waals surface area contributed by atoms with Gasteiger partial charge in [0.05, 0.1) is 25.9 Å². The Kier molecular flexibility index (Phi) is 11.4. The number of hydrogen-bond donors (Lipinski definition) is 4. The summed E-state index contributed by atoms with van der Waals surface area (Å²) in [5, 5.41) is 25.6. The molecule has 18 heteroatoms. The zero-order chi connectivity index (χ0) is 31.0. The summed E-state index contributed by atoms with van der Waals surface area (Å²) in [4.78, 5) is 27.0. The van der Waals surface area contributed by atoms with Gasteiger partial charge in [0.25, 0.3) is 0 Å². The maximum Gasteiger partial charge on any atom is 0.433 e. The van der Waals surface area contributed by atoms with Gasteiger partial charge in [-0.25, -0.2) is 18.6 Å². The Morgan fingerprint density at radius 2 is 1.64 bits per heavy atom. The third-order valence-corrected chi connectivity index (χ3v) is 5.62. The van der Waals surface area contributed by atoms with Crippen molar-refractivity contribution < 1.29 is 69.5 Å². The van der Waals surface area contributed by atoms with Crippen LogP contribution in [0.2, 0.25) is 0 Å².